The van der Waals surface area contributed by atoms with Crippen LogP contribution in [-0.4, -0.2) is 23.3 Å². The molecule has 3 heteroatoms. The van der Waals surface area contributed by atoms with E-state index in [4.69, 9.17) is 0 Å². The predicted octanol–water partition coefficient (Wildman–Crippen LogP) is 4.59. The van der Waals surface area contributed by atoms with Crippen LogP contribution in [0.3, 0.4) is 0 Å². The summed E-state index contributed by atoms with van der Waals surface area (Å²) in [5, 5.41) is 0. The second-order valence-corrected chi connectivity index (χ2v) is 5.79. The number of benzene rings is 1. The number of fused-ring (bicyclic) bond motifs is 1. The van der Waals surface area contributed by atoms with Crippen molar-refractivity contribution in [1.29, 1.82) is 0 Å². The lowest BCUT2D eigenvalue weighted by atomic mass is 10.1. The van der Waals surface area contributed by atoms with Crippen LogP contribution in [0.4, 0.5) is 0 Å². The van der Waals surface area contributed by atoms with Crippen LogP contribution < -0.4 is 0 Å². The highest BCUT2D eigenvalue weighted by Gasteiger charge is 2.34. The lowest BCUT2D eigenvalue weighted by molar-refractivity contribution is 0.0651. The van der Waals surface area contributed by atoms with Gasteiger partial charge in [0, 0.05) is 6.54 Å². The lowest BCUT2D eigenvalue weighted by Crippen LogP contribution is -2.30. The van der Waals surface area contributed by atoms with Gasteiger partial charge in [0.05, 0.1) is 11.1 Å². The van der Waals surface area contributed by atoms with Gasteiger partial charge in [0.25, 0.3) is 11.8 Å². The van der Waals surface area contributed by atoms with Gasteiger partial charge in [0.15, 0.2) is 0 Å². The van der Waals surface area contributed by atoms with Gasteiger partial charge in [-0.3, -0.25) is 14.5 Å². The van der Waals surface area contributed by atoms with Crippen molar-refractivity contribution in [2.45, 2.75) is 51.9 Å². The third-order valence-corrected chi connectivity index (χ3v) is 4.12. The van der Waals surface area contributed by atoms with Crippen LogP contribution in [0.5, 0.6) is 0 Å². The quantitative estimate of drug-likeness (QED) is 0.380. The zero-order valence-electron chi connectivity index (χ0n) is 13.4. The topological polar surface area (TPSA) is 37.4 Å². The molecule has 0 N–H and O–H groups in total. The predicted molar refractivity (Wildman–Crippen MR) is 88.9 cm³/mol. The number of carbonyl (C=O) groups excluding carboxylic acids is 2. The van der Waals surface area contributed by atoms with Crippen molar-refractivity contribution in [3.05, 3.63) is 47.5 Å². The molecule has 1 aromatic rings. The van der Waals surface area contributed by atoms with Crippen LogP contribution in [0, 0.1) is 0 Å². The van der Waals surface area contributed by atoms with E-state index in [2.05, 4.69) is 19.1 Å². The Morgan fingerprint density at radius 1 is 0.864 bits per heavy atom. The van der Waals surface area contributed by atoms with Gasteiger partial charge in [-0.2, -0.15) is 0 Å². The third-order valence-electron chi connectivity index (χ3n) is 4.12. The Morgan fingerprint density at radius 3 is 2.00 bits per heavy atom. The summed E-state index contributed by atoms with van der Waals surface area (Å²) in [5.74, 6) is -0.265. The molecule has 0 saturated heterocycles. The Hall–Kier alpha value is -1.90. The number of rotatable bonds is 9. The highest BCUT2D eigenvalue weighted by Crippen LogP contribution is 2.22. The van der Waals surface area contributed by atoms with Crippen molar-refractivity contribution in [3.63, 3.8) is 0 Å². The summed E-state index contributed by atoms with van der Waals surface area (Å²) in [6.45, 7) is 2.60. The molecule has 0 fully saturated rings. The van der Waals surface area contributed by atoms with E-state index in [1.807, 2.05) is 0 Å². The van der Waals surface area contributed by atoms with Crippen molar-refractivity contribution in [2.24, 2.45) is 0 Å². The van der Waals surface area contributed by atoms with Crippen molar-refractivity contribution < 1.29 is 9.59 Å². The minimum absolute atomic E-state index is 0.132. The van der Waals surface area contributed by atoms with E-state index in [1.54, 1.807) is 24.3 Å². The first kappa shape index (κ1) is 16.5. The Balaban J connectivity index is 1.64. The summed E-state index contributed by atoms with van der Waals surface area (Å²) in [4.78, 5) is 25.7. The fourth-order valence-electron chi connectivity index (χ4n) is 2.85. The molecular formula is C19H25NO2. The summed E-state index contributed by atoms with van der Waals surface area (Å²) in [7, 11) is 0. The minimum Gasteiger partial charge on any atom is -0.274 e. The number of nitrogens with zero attached hydrogens (tertiary/aromatic N) is 1. The molecule has 0 bridgehead atoms. The summed E-state index contributed by atoms with van der Waals surface area (Å²) >= 11 is 0. The molecule has 22 heavy (non-hydrogen) atoms. The number of allylic oxidation sites excluding steroid dienone is 2. The molecule has 0 atom stereocenters. The van der Waals surface area contributed by atoms with Crippen molar-refractivity contribution >= 4 is 11.8 Å². The molecule has 2 rings (SSSR count). The number of hydrogen-bond donors (Lipinski definition) is 0. The van der Waals surface area contributed by atoms with E-state index < -0.39 is 0 Å². The second-order valence-electron chi connectivity index (χ2n) is 5.79. The van der Waals surface area contributed by atoms with Crippen LogP contribution in [0.25, 0.3) is 0 Å². The first-order valence-electron chi connectivity index (χ1n) is 8.32. The Morgan fingerprint density at radius 2 is 1.41 bits per heavy atom. The SMILES string of the molecule is CC=CCCCCCCCCN1C(=O)c2ccccc2C1=O. The monoisotopic (exact) mass is 299 g/mol. The van der Waals surface area contributed by atoms with E-state index in [1.165, 1.54) is 37.0 Å². The summed E-state index contributed by atoms with van der Waals surface area (Å²) in [5.41, 5.74) is 1.10. The molecule has 0 saturated carbocycles. The average Bonchev–Trinajstić information content (AvgIpc) is 2.78. The molecule has 1 aliphatic heterocycles. The summed E-state index contributed by atoms with van der Waals surface area (Å²) in [6.07, 6.45) is 12.4. The Bertz CT molecular complexity index is 513. The van der Waals surface area contributed by atoms with Gasteiger partial charge < -0.3 is 0 Å². The number of carbonyl (C=O) groups is 2. The molecular weight excluding hydrogens is 274 g/mol. The van der Waals surface area contributed by atoms with Crippen LogP contribution >= 0.6 is 0 Å². The molecule has 0 aliphatic carbocycles. The molecule has 0 unspecified atom stereocenters. The smallest absolute Gasteiger partial charge is 0.261 e. The highest BCUT2D eigenvalue weighted by atomic mass is 16.2. The molecule has 3 nitrogen and oxygen atoms in total. The van der Waals surface area contributed by atoms with Gasteiger partial charge in [-0.15, -0.1) is 0 Å². The largest absolute Gasteiger partial charge is 0.274 e. The molecule has 0 radical (unpaired) electrons. The number of unbranched alkanes of at least 4 members (excludes halogenated alkanes) is 6. The average molecular weight is 299 g/mol. The third kappa shape index (κ3) is 4.06. The zero-order chi connectivity index (χ0) is 15.8. The van der Waals surface area contributed by atoms with Gasteiger partial charge >= 0.3 is 0 Å². The van der Waals surface area contributed by atoms with Gasteiger partial charge in [0.1, 0.15) is 0 Å². The maximum atomic E-state index is 12.2. The van der Waals surface area contributed by atoms with Crippen molar-refractivity contribution in [1.82, 2.24) is 4.90 Å². The zero-order valence-corrected chi connectivity index (χ0v) is 13.4. The summed E-state index contributed by atoms with van der Waals surface area (Å²) < 4.78 is 0. The standard InChI is InChI=1S/C19H25NO2/c1-2-3-4-5-6-7-8-9-12-15-20-18(21)16-13-10-11-14-17(16)19(20)22/h2-3,10-11,13-14H,4-9,12,15H2,1H3. The van der Waals surface area contributed by atoms with Gasteiger partial charge in [0.2, 0.25) is 0 Å². The maximum Gasteiger partial charge on any atom is 0.261 e. The molecule has 118 valence electrons. The fraction of sp³-hybridized carbons (Fsp3) is 0.474. The molecule has 0 aromatic heterocycles. The second kappa shape index (κ2) is 8.52. The molecule has 1 aromatic carbocycles. The van der Waals surface area contributed by atoms with E-state index in [9.17, 15) is 9.59 Å². The van der Waals surface area contributed by atoms with Gasteiger partial charge in [-0.25, -0.2) is 0 Å². The molecule has 2 amide bonds. The molecule has 1 heterocycles. The van der Waals surface area contributed by atoms with Crippen LogP contribution in [0.15, 0.2) is 36.4 Å². The lowest BCUT2D eigenvalue weighted by Gasteiger charge is -2.13. The van der Waals surface area contributed by atoms with E-state index in [-0.39, 0.29) is 11.8 Å². The fourth-order valence-corrected chi connectivity index (χ4v) is 2.85. The van der Waals surface area contributed by atoms with Gasteiger partial charge in [-0.1, -0.05) is 50.0 Å². The van der Waals surface area contributed by atoms with Crippen LogP contribution in [0.1, 0.15) is 72.6 Å². The summed E-state index contributed by atoms with van der Waals surface area (Å²) in [6, 6.07) is 7.09. The first-order chi connectivity index (χ1) is 10.8. The van der Waals surface area contributed by atoms with E-state index in [0.717, 1.165) is 12.8 Å². The molecule has 0 spiro atoms. The van der Waals surface area contributed by atoms with Crippen molar-refractivity contribution in [2.75, 3.05) is 6.54 Å². The number of imide groups is 1. The van der Waals surface area contributed by atoms with Gasteiger partial charge in [-0.05, 0) is 38.3 Å². The first-order valence-corrected chi connectivity index (χ1v) is 8.32. The number of hydrogen-bond acceptors (Lipinski definition) is 2. The molecule has 1 aliphatic rings. The maximum absolute atomic E-state index is 12.2. The van der Waals surface area contributed by atoms with Crippen LogP contribution in [0.2, 0.25) is 0 Å². The highest BCUT2D eigenvalue weighted by molar-refractivity contribution is 6.21. The Labute approximate surface area is 133 Å². The number of amides is 2. The van der Waals surface area contributed by atoms with E-state index >= 15 is 0 Å². The van der Waals surface area contributed by atoms with E-state index in [0.29, 0.717) is 17.7 Å². The van der Waals surface area contributed by atoms with Crippen LogP contribution in [-0.2, 0) is 0 Å². The normalized spacial score (nSPS) is 14.1. The Kier molecular flexibility index (Phi) is 6.38. The minimum atomic E-state index is -0.132. The van der Waals surface area contributed by atoms with Crippen molar-refractivity contribution in [3.8, 4) is 0 Å².